The molecule has 0 atom stereocenters. The molecule has 0 spiro atoms. The molecule has 1 amide bonds. The van der Waals surface area contributed by atoms with Gasteiger partial charge in [-0.1, -0.05) is 0 Å². The Hall–Kier alpha value is -3.80. The lowest BCUT2D eigenvalue weighted by molar-refractivity contribution is -0.137. The van der Waals surface area contributed by atoms with Crippen molar-refractivity contribution in [1.82, 2.24) is 19.7 Å². The Morgan fingerprint density at radius 3 is 2.50 bits per heavy atom. The second-order valence-electron chi connectivity index (χ2n) is 6.21. The first kappa shape index (κ1) is 17.6. The van der Waals surface area contributed by atoms with Gasteiger partial charge in [-0.05, 0) is 42.5 Å². The predicted octanol–water partition coefficient (Wildman–Crippen LogP) is 3.75. The molecule has 0 fully saturated rings. The number of carbonyl (C=O) groups is 1. The summed E-state index contributed by atoms with van der Waals surface area (Å²) in [5.74, 6) is -0.546. The predicted molar refractivity (Wildman–Crippen MR) is 95.6 cm³/mol. The van der Waals surface area contributed by atoms with E-state index in [9.17, 15) is 18.0 Å². The van der Waals surface area contributed by atoms with E-state index in [-0.39, 0.29) is 5.56 Å². The SMILES string of the molecule is Cn1cc2c(n1)c1cc(C(=O)NC#N)ccc1n2-c1ccc(C(F)(F)F)cc1. The van der Waals surface area contributed by atoms with Gasteiger partial charge in [0, 0.05) is 29.9 Å². The molecular formula is C19H12F3N5O. The molecule has 0 saturated carbocycles. The van der Waals surface area contributed by atoms with Gasteiger partial charge in [0.15, 0.2) is 6.19 Å². The molecule has 0 radical (unpaired) electrons. The number of hydrogen-bond acceptors (Lipinski definition) is 3. The fourth-order valence-electron chi connectivity index (χ4n) is 3.22. The van der Waals surface area contributed by atoms with Crippen LogP contribution in [0.1, 0.15) is 15.9 Å². The second-order valence-corrected chi connectivity index (χ2v) is 6.21. The summed E-state index contributed by atoms with van der Waals surface area (Å²) < 4.78 is 42.0. The normalized spacial score (nSPS) is 11.7. The van der Waals surface area contributed by atoms with Gasteiger partial charge in [0.25, 0.3) is 5.91 Å². The van der Waals surface area contributed by atoms with E-state index >= 15 is 0 Å². The molecule has 0 aliphatic carbocycles. The van der Waals surface area contributed by atoms with Gasteiger partial charge < -0.3 is 4.57 Å². The molecule has 2 heterocycles. The molecule has 0 unspecified atom stereocenters. The number of rotatable bonds is 2. The maximum Gasteiger partial charge on any atom is 0.416 e. The zero-order valence-electron chi connectivity index (χ0n) is 14.4. The summed E-state index contributed by atoms with van der Waals surface area (Å²) in [6.45, 7) is 0. The zero-order chi connectivity index (χ0) is 20.1. The first-order valence-electron chi connectivity index (χ1n) is 8.14. The van der Waals surface area contributed by atoms with Crippen molar-refractivity contribution in [2.45, 2.75) is 6.18 Å². The molecule has 2 aromatic carbocycles. The Morgan fingerprint density at radius 1 is 1.14 bits per heavy atom. The van der Waals surface area contributed by atoms with E-state index in [2.05, 4.69) is 10.4 Å². The fourth-order valence-corrected chi connectivity index (χ4v) is 3.22. The van der Waals surface area contributed by atoms with Crippen molar-refractivity contribution in [2.24, 2.45) is 7.05 Å². The third-order valence-electron chi connectivity index (χ3n) is 4.43. The fraction of sp³-hybridized carbons (Fsp3) is 0.105. The van der Waals surface area contributed by atoms with Crippen LogP contribution in [0.25, 0.3) is 27.6 Å². The van der Waals surface area contributed by atoms with Crippen molar-refractivity contribution < 1.29 is 18.0 Å². The maximum absolute atomic E-state index is 12.9. The number of amides is 1. The molecule has 140 valence electrons. The minimum Gasteiger partial charge on any atom is -0.306 e. The van der Waals surface area contributed by atoms with Crippen LogP contribution >= 0.6 is 0 Å². The number of nitriles is 1. The summed E-state index contributed by atoms with van der Waals surface area (Å²) in [4.78, 5) is 12.0. The highest BCUT2D eigenvalue weighted by molar-refractivity contribution is 6.10. The van der Waals surface area contributed by atoms with Gasteiger partial charge in [0.1, 0.15) is 5.52 Å². The van der Waals surface area contributed by atoms with Crippen LogP contribution in [-0.4, -0.2) is 20.3 Å². The standard InChI is InChI=1S/C19H12F3N5O/c1-26-9-16-17(25-26)14-8-11(18(28)24-10-23)2-7-15(14)27(16)13-5-3-12(4-6-13)19(20,21)22/h2-9H,1H3,(H,24,28). The molecule has 2 aromatic heterocycles. The smallest absolute Gasteiger partial charge is 0.306 e. The van der Waals surface area contributed by atoms with Gasteiger partial charge >= 0.3 is 6.18 Å². The number of aryl methyl sites for hydroxylation is 1. The van der Waals surface area contributed by atoms with Gasteiger partial charge in [-0.25, -0.2) is 0 Å². The molecule has 9 heteroatoms. The van der Waals surface area contributed by atoms with Crippen LogP contribution in [0, 0.1) is 11.5 Å². The largest absolute Gasteiger partial charge is 0.416 e. The highest BCUT2D eigenvalue weighted by Gasteiger charge is 2.30. The average molecular weight is 383 g/mol. The highest BCUT2D eigenvalue weighted by Crippen LogP contribution is 2.34. The van der Waals surface area contributed by atoms with Crippen LogP contribution < -0.4 is 5.32 Å². The van der Waals surface area contributed by atoms with Crippen LogP contribution in [0.5, 0.6) is 0 Å². The zero-order valence-corrected chi connectivity index (χ0v) is 14.4. The molecule has 0 bridgehead atoms. The number of alkyl halides is 3. The van der Waals surface area contributed by atoms with Gasteiger partial charge in [-0.15, -0.1) is 0 Å². The van der Waals surface area contributed by atoms with Crippen LogP contribution in [0.4, 0.5) is 13.2 Å². The molecule has 6 nitrogen and oxygen atoms in total. The number of fused-ring (bicyclic) bond motifs is 3. The van der Waals surface area contributed by atoms with Crippen molar-refractivity contribution in [3.8, 4) is 11.9 Å². The molecule has 0 aliphatic heterocycles. The molecule has 0 aliphatic rings. The Balaban J connectivity index is 1.95. The van der Waals surface area contributed by atoms with Crippen molar-refractivity contribution in [3.63, 3.8) is 0 Å². The third-order valence-corrected chi connectivity index (χ3v) is 4.43. The first-order valence-corrected chi connectivity index (χ1v) is 8.14. The highest BCUT2D eigenvalue weighted by atomic mass is 19.4. The summed E-state index contributed by atoms with van der Waals surface area (Å²) in [5.41, 5.74) is 2.07. The molecular weight excluding hydrogens is 371 g/mol. The lowest BCUT2D eigenvalue weighted by Crippen LogP contribution is -2.17. The molecule has 28 heavy (non-hydrogen) atoms. The van der Waals surface area contributed by atoms with E-state index in [1.807, 2.05) is 0 Å². The minimum atomic E-state index is -4.41. The van der Waals surface area contributed by atoms with Crippen LogP contribution in [0.15, 0.2) is 48.7 Å². The number of aromatic nitrogens is 3. The summed E-state index contributed by atoms with van der Waals surface area (Å²) in [5, 5.41) is 15.8. The Kier molecular flexibility index (Phi) is 3.85. The van der Waals surface area contributed by atoms with E-state index in [1.165, 1.54) is 12.1 Å². The van der Waals surface area contributed by atoms with Gasteiger partial charge in [-0.2, -0.15) is 23.5 Å². The van der Waals surface area contributed by atoms with E-state index in [0.29, 0.717) is 27.6 Å². The summed E-state index contributed by atoms with van der Waals surface area (Å²) >= 11 is 0. The van der Waals surface area contributed by atoms with Gasteiger partial charge in [0.05, 0.1) is 16.6 Å². The van der Waals surface area contributed by atoms with Crippen molar-refractivity contribution >= 4 is 27.8 Å². The quantitative estimate of drug-likeness (QED) is 0.423. The third kappa shape index (κ3) is 2.75. The molecule has 4 aromatic rings. The van der Waals surface area contributed by atoms with Crippen molar-refractivity contribution in [1.29, 1.82) is 5.26 Å². The number of hydrogen-bond donors (Lipinski definition) is 1. The number of benzene rings is 2. The summed E-state index contributed by atoms with van der Waals surface area (Å²) in [7, 11) is 1.73. The average Bonchev–Trinajstić information content (AvgIpc) is 3.15. The Bertz CT molecular complexity index is 1260. The molecule has 0 saturated heterocycles. The number of nitrogens with zero attached hydrogens (tertiary/aromatic N) is 4. The van der Waals surface area contributed by atoms with E-state index in [0.717, 1.165) is 12.1 Å². The number of halogens is 3. The van der Waals surface area contributed by atoms with Gasteiger partial charge in [0.2, 0.25) is 0 Å². The number of carbonyl (C=O) groups excluding carboxylic acids is 1. The maximum atomic E-state index is 12.9. The minimum absolute atomic E-state index is 0.283. The van der Waals surface area contributed by atoms with Crippen molar-refractivity contribution in [2.75, 3.05) is 0 Å². The lowest BCUT2D eigenvalue weighted by atomic mass is 10.1. The second kappa shape index (κ2) is 6.13. The number of nitrogens with one attached hydrogen (secondary N) is 1. The Labute approximate surface area is 156 Å². The van der Waals surface area contributed by atoms with E-state index in [4.69, 9.17) is 5.26 Å². The topological polar surface area (TPSA) is 75.6 Å². The van der Waals surface area contributed by atoms with Gasteiger partial charge in [-0.3, -0.25) is 14.8 Å². The molecule has 1 N–H and O–H groups in total. The van der Waals surface area contributed by atoms with Crippen LogP contribution in [0.3, 0.4) is 0 Å². The molecule has 4 rings (SSSR count). The first-order chi connectivity index (χ1) is 13.3. The van der Waals surface area contributed by atoms with Crippen molar-refractivity contribution in [3.05, 3.63) is 59.8 Å². The summed E-state index contributed by atoms with van der Waals surface area (Å²) in [6, 6.07) is 9.68. The summed E-state index contributed by atoms with van der Waals surface area (Å²) in [6.07, 6.45) is -1.07. The monoisotopic (exact) mass is 383 g/mol. The van der Waals surface area contributed by atoms with Crippen LogP contribution in [0.2, 0.25) is 0 Å². The van der Waals surface area contributed by atoms with E-state index < -0.39 is 17.6 Å². The van der Waals surface area contributed by atoms with Crippen LogP contribution in [-0.2, 0) is 13.2 Å². The van der Waals surface area contributed by atoms with E-state index in [1.54, 1.807) is 46.9 Å². The Morgan fingerprint density at radius 2 is 1.86 bits per heavy atom. The lowest BCUT2D eigenvalue weighted by Gasteiger charge is -2.10.